The first kappa shape index (κ1) is 20.9. The van der Waals surface area contributed by atoms with E-state index in [0.29, 0.717) is 11.1 Å². The van der Waals surface area contributed by atoms with E-state index in [9.17, 15) is 14.4 Å². The lowest BCUT2D eigenvalue weighted by molar-refractivity contribution is -0.139. The number of allylic oxidation sites excluding steroid dienone is 2. The molecule has 6 nitrogen and oxygen atoms in total. The summed E-state index contributed by atoms with van der Waals surface area (Å²) in [6.07, 6.45) is 0. The Hall–Kier alpha value is -3.79. The summed E-state index contributed by atoms with van der Waals surface area (Å²) in [6.45, 7) is 3.49. The van der Waals surface area contributed by atoms with Gasteiger partial charge in [0.1, 0.15) is 17.4 Å². The molecule has 0 amide bonds. The molecule has 1 aliphatic heterocycles. The van der Waals surface area contributed by atoms with Gasteiger partial charge in [0.25, 0.3) is 0 Å². The van der Waals surface area contributed by atoms with Gasteiger partial charge in [0, 0.05) is 0 Å². The van der Waals surface area contributed by atoms with Crippen molar-refractivity contribution >= 4 is 5.97 Å². The molecule has 3 rings (SSSR count). The van der Waals surface area contributed by atoms with Crippen LogP contribution in [0.15, 0.2) is 65.3 Å². The van der Waals surface area contributed by atoms with Crippen LogP contribution in [-0.2, 0) is 14.3 Å². The van der Waals surface area contributed by atoms with Crippen molar-refractivity contribution in [1.82, 2.24) is 0 Å². The van der Waals surface area contributed by atoms with Crippen LogP contribution in [0.5, 0.6) is 5.75 Å². The lowest BCUT2D eigenvalue weighted by atomic mass is 9.82. The molecule has 0 radical (unpaired) electrons. The second-order valence-electron chi connectivity index (χ2n) is 6.59. The number of nitriles is 1. The Morgan fingerprint density at radius 2 is 1.90 bits per heavy atom. The normalized spacial score (nSPS) is 16.0. The highest BCUT2D eigenvalue weighted by Crippen LogP contribution is 2.40. The van der Waals surface area contributed by atoms with Gasteiger partial charge in [0.2, 0.25) is 5.88 Å². The molecule has 1 atom stereocenters. The van der Waals surface area contributed by atoms with E-state index < -0.39 is 17.7 Å². The lowest BCUT2D eigenvalue weighted by Gasteiger charge is -2.27. The first-order valence-electron chi connectivity index (χ1n) is 9.30. The summed E-state index contributed by atoms with van der Waals surface area (Å²) in [4.78, 5) is 12.6. The fourth-order valence-electron chi connectivity index (χ4n) is 3.40. The van der Waals surface area contributed by atoms with Crippen LogP contribution in [0, 0.1) is 17.1 Å². The zero-order valence-electron chi connectivity index (χ0n) is 16.9. The highest BCUT2D eigenvalue weighted by atomic mass is 19.1. The fourth-order valence-corrected chi connectivity index (χ4v) is 3.40. The predicted molar refractivity (Wildman–Crippen MR) is 108 cm³/mol. The van der Waals surface area contributed by atoms with Crippen molar-refractivity contribution in [2.24, 2.45) is 5.73 Å². The minimum atomic E-state index is -0.718. The Morgan fingerprint density at radius 1 is 1.23 bits per heavy atom. The first-order chi connectivity index (χ1) is 14.4. The average molecular weight is 408 g/mol. The SMILES string of the molecule is CCOC(=O)C1=C(C)OC(N)=C(C#N)C1c1ccc(-c2ccc(OC)c(F)c2)cc1. The van der Waals surface area contributed by atoms with Crippen molar-refractivity contribution in [2.45, 2.75) is 19.8 Å². The van der Waals surface area contributed by atoms with Crippen molar-refractivity contribution in [2.75, 3.05) is 13.7 Å². The van der Waals surface area contributed by atoms with E-state index in [4.69, 9.17) is 19.9 Å². The van der Waals surface area contributed by atoms with Crippen LogP contribution in [0.3, 0.4) is 0 Å². The Morgan fingerprint density at radius 3 is 2.47 bits per heavy atom. The minimum absolute atomic E-state index is 0.0469. The van der Waals surface area contributed by atoms with Crippen molar-refractivity contribution in [1.29, 1.82) is 5.26 Å². The number of carbonyl (C=O) groups is 1. The second-order valence-corrected chi connectivity index (χ2v) is 6.59. The molecule has 2 aromatic rings. The molecule has 0 saturated carbocycles. The van der Waals surface area contributed by atoms with Crippen LogP contribution in [-0.4, -0.2) is 19.7 Å². The number of ether oxygens (including phenoxy) is 3. The molecule has 1 unspecified atom stereocenters. The Labute approximate surface area is 174 Å². The number of carbonyl (C=O) groups excluding carboxylic acids is 1. The molecular formula is C23H21FN2O4. The van der Waals surface area contributed by atoms with Gasteiger partial charge in [-0.2, -0.15) is 5.26 Å². The van der Waals surface area contributed by atoms with E-state index in [1.165, 1.54) is 13.2 Å². The summed E-state index contributed by atoms with van der Waals surface area (Å²) in [7, 11) is 1.41. The fraction of sp³-hybridized carbons (Fsp3) is 0.217. The van der Waals surface area contributed by atoms with Crippen LogP contribution >= 0.6 is 0 Å². The highest BCUT2D eigenvalue weighted by molar-refractivity contribution is 5.92. The molecule has 0 aromatic heterocycles. The summed E-state index contributed by atoms with van der Waals surface area (Å²) < 4.78 is 29.6. The largest absolute Gasteiger partial charge is 0.494 e. The second kappa shape index (κ2) is 8.70. The summed E-state index contributed by atoms with van der Waals surface area (Å²) in [6, 6.07) is 13.8. The van der Waals surface area contributed by atoms with Gasteiger partial charge in [-0.25, -0.2) is 9.18 Å². The van der Waals surface area contributed by atoms with Gasteiger partial charge in [-0.3, -0.25) is 0 Å². The zero-order valence-corrected chi connectivity index (χ0v) is 16.9. The first-order valence-corrected chi connectivity index (χ1v) is 9.30. The van der Waals surface area contributed by atoms with Crippen molar-refractivity contribution < 1.29 is 23.4 Å². The van der Waals surface area contributed by atoms with Crippen LogP contribution in [0.25, 0.3) is 11.1 Å². The molecule has 0 spiro atoms. The number of halogens is 1. The molecule has 0 bridgehead atoms. The Balaban J connectivity index is 2.03. The van der Waals surface area contributed by atoms with E-state index >= 15 is 0 Å². The third-order valence-electron chi connectivity index (χ3n) is 4.83. The van der Waals surface area contributed by atoms with Crippen LogP contribution < -0.4 is 10.5 Å². The standard InChI is InChI=1S/C23H21FN2O4/c1-4-29-23(27)20-13(2)30-22(26)17(12-25)21(20)15-7-5-14(6-8-15)16-9-10-19(28-3)18(24)11-16/h5-11,21H,4,26H2,1-3H3. The molecule has 30 heavy (non-hydrogen) atoms. The smallest absolute Gasteiger partial charge is 0.338 e. The van der Waals surface area contributed by atoms with Crippen LogP contribution in [0.2, 0.25) is 0 Å². The molecule has 0 aliphatic carbocycles. The Bertz CT molecular complexity index is 1080. The highest BCUT2D eigenvalue weighted by Gasteiger charge is 2.36. The minimum Gasteiger partial charge on any atom is -0.494 e. The maximum absolute atomic E-state index is 14.0. The number of hydrogen-bond acceptors (Lipinski definition) is 6. The van der Waals surface area contributed by atoms with Gasteiger partial charge < -0.3 is 19.9 Å². The molecule has 2 N–H and O–H groups in total. The van der Waals surface area contributed by atoms with Crippen LogP contribution in [0.1, 0.15) is 25.3 Å². The summed E-state index contributed by atoms with van der Waals surface area (Å²) in [5.74, 6) is -1.35. The van der Waals surface area contributed by atoms with Crippen molar-refractivity contribution in [3.8, 4) is 22.9 Å². The summed E-state index contributed by atoms with van der Waals surface area (Å²) in [5.41, 5.74) is 8.36. The summed E-state index contributed by atoms with van der Waals surface area (Å²) in [5, 5.41) is 9.63. The molecule has 7 heteroatoms. The van der Waals surface area contributed by atoms with Gasteiger partial charge in [-0.05, 0) is 42.7 Å². The van der Waals surface area contributed by atoms with E-state index in [1.54, 1.807) is 50.2 Å². The number of rotatable bonds is 5. The van der Waals surface area contributed by atoms with Crippen molar-refractivity contribution in [3.05, 3.63) is 76.6 Å². The number of hydrogen-bond donors (Lipinski definition) is 1. The maximum atomic E-state index is 14.0. The third-order valence-corrected chi connectivity index (χ3v) is 4.83. The average Bonchev–Trinajstić information content (AvgIpc) is 2.73. The molecule has 1 aliphatic rings. The zero-order chi connectivity index (χ0) is 21.8. The predicted octanol–water partition coefficient (Wildman–Crippen LogP) is 4.15. The van der Waals surface area contributed by atoms with Gasteiger partial charge in [0.15, 0.2) is 11.6 Å². The van der Waals surface area contributed by atoms with Crippen molar-refractivity contribution in [3.63, 3.8) is 0 Å². The molecule has 0 fully saturated rings. The number of benzene rings is 2. The summed E-state index contributed by atoms with van der Waals surface area (Å²) >= 11 is 0. The monoisotopic (exact) mass is 408 g/mol. The molecule has 0 saturated heterocycles. The van der Waals surface area contributed by atoms with E-state index in [2.05, 4.69) is 0 Å². The van der Waals surface area contributed by atoms with Gasteiger partial charge in [0.05, 0.1) is 25.2 Å². The number of methoxy groups -OCH3 is 1. The van der Waals surface area contributed by atoms with E-state index in [0.717, 1.165) is 5.56 Å². The molecular weight excluding hydrogens is 387 g/mol. The molecule has 2 aromatic carbocycles. The quantitative estimate of drug-likeness (QED) is 0.747. The molecule has 1 heterocycles. The number of nitrogens with zero attached hydrogens (tertiary/aromatic N) is 1. The van der Waals surface area contributed by atoms with Crippen LogP contribution in [0.4, 0.5) is 4.39 Å². The maximum Gasteiger partial charge on any atom is 0.338 e. The van der Waals surface area contributed by atoms with Gasteiger partial charge in [-0.15, -0.1) is 0 Å². The van der Waals surface area contributed by atoms with E-state index in [-0.39, 0.29) is 35.1 Å². The number of esters is 1. The van der Waals surface area contributed by atoms with Gasteiger partial charge in [-0.1, -0.05) is 30.3 Å². The topological polar surface area (TPSA) is 94.6 Å². The number of nitrogens with two attached hydrogens (primary N) is 1. The third kappa shape index (κ3) is 3.85. The molecule has 154 valence electrons. The van der Waals surface area contributed by atoms with Gasteiger partial charge >= 0.3 is 5.97 Å². The Kier molecular flexibility index (Phi) is 6.07. The lowest BCUT2D eigenvalue weighted by Crippen LogP contribution is -2.25. The van der Waals surface area contributed by atoms with E-state index in [1.807, 2.05) is 6.07 Å².